The first kappa shape index (κ1) is 19.4. The van der Waals surface area contributed by atoms with Crippen LogP contribution in [-0.4, -0.2) is 66.8 Å². The van der Waals surface area contributed by atoms with Gasteiger partial charge >= 0.3 is 6.03 Å². The van der Waals surface area contributed by atoms with Gasteiger partial charge in [0.2, 0.25) is 5.95 Å². The summed E-state index contributed by atoms with van der Waals surface area (Å²) in [5, 5.41) is 6.64. The van der Waals surface area contributed by atoms with Crippen LogP contribution in [0.5, 0.6) is 0 Å². The maximum absolute atomic E-state index is 11.3. The summed E-state index contributed by atoms with van der Waals surface area (Å²) in [7, 11) is 0. The molecular formula is C20H27N7O2. The second-order valence-electron chi connectivity index (χ2n) is 7.31. The molecule has 3 heterocycles. The number of anilines is 3. The molecule has 2 amide bonds. The van der Waals surface area contributed by atoms with Crippen LogP contribution in [0.25, 0.3) is 0 Å². The van der Waals surface area contributed by atoms with Gasteiger partial charge in [-0.05, 0) is 24.6 Å². The van der Waals surface area contributed by atoms with Crippen molar-refractivity contribution in [3.8, 4) is 0 Å². The molecule has 0 bridgehead atoms. The van der Waals surface area contributed by atoms with E-state index in [2.05, 4.69) is 37.6 Å². The summed E-state index contributed by atoms with van der Waals surface area (Å²) >= 11 is 0. The summed E-state index contributed by atoms with van der Waals surface area (Å²) in [6, 6.07) is 9.76. The Labute approximate surface area is 170 Å². The quantitative estimate of drug-likeness (QED) is 0.715. The number of urea groups is 1. The third kappa shape index (κ3) is 4.75. The van der Waals surface area contributed by atoms with Crippen molar-refractivity contribution < 1.29 is 9.53 Å². The summed E-state index contributed by atoms with van der Waals surface area (Å²) in [5.74, 6) is 1.41. The average Bonchev–Trinajstić information content (AvgIpc) is 2.74. The van der Waals surface area contributed by atoms with E-state index < -0.39 is 0 Å². The molecule has 0 aliphatic carbocycles. The summed E-state index contributed by atoms with van der Waals surface area (Å²) in [5.41, 5.74) is 8.33. The van der Waals surface area contributed by atoms with E-state index in [1.54, 1.807) is 4.90 Å². The summed E-state index contributed by atoms with van der Waals surface area (Å²) in [4.78, 5) is 24.3. The molecule has 29 heavy (non-hydrogen) atoms. The highest BCUT2D eigenvalue weighted by molar-refractivity contribution is 5.72. The minimum atomic E-state index is -0.372. The molecule has 2 aromatic rings. The Hall–Kier alpha value is -2.91. The maximum atomic E-state index is 11.3. The van der Waals surface area contributed by atoms with Gasteiger partial charge in [0.1, 0.15) is 5.82 Å². The number of hydrogen-bond acceptors (Lipinski definition) is 7. The van der Waals surface area contributed by atoms with Crippen molar-refractivity contribution in [2.75, 3.05) is 56.1 Å². The van der Waals surface area contributed by atoms with Gasteiger partial charge in [0.15, 0.2) is 0 Å². The van der Waals surface area contributed by atoms with Crippen LogP contribution in [0, 0.1) is 6.92 Å². The number of carbonyl (C=O) groups is 1. The molecule has 2 saturated heterocycles. The molecule has 0 saturated carbocycles. The molecule has 4 N–H and O–H groups in total. The van der Waals surface area contributed by atoms with Crippen molar-refractivity contribution in [1.29, 1.82) is 0 Å². The van der Waals surface area contributed by atoms with Crippen LogP contribution in [0.3, 0.4) is 0 Å². The van der Waals surface area contributed by atoms with Gasteiger partial charge in [0.25, 0.3) is 0 Å². The van der Waals surface area contributed by atoms with Crippen LogP contribution >= 0.6 is 0 Å². The second-order valence-corrected chi connectivity index (χ2v) is 7.31. The van der Waals surface area contributed by atoms with Gasteiger partial charge in [0.05, 0.1) is 12.7 Å². The van der Waals surface area contributed by atoms with Crippen LogP contribution < -0.4 is 21.3 Å². The lowest BCUT2D eigenvalue weighted by atomic mass is 10.1. The number of benzene rings is 1. The van der Waals surface area contributed by atoms with E-state index in [9.17, 15) is 4.79 Å². The van der Waals surface area contributed by atoms with Crippen LogP contribution in [0.4, 0.5) is 22.2 Å². The number of carbonyl (C=O) groups excluding carboxylic acids is 1. The Balaban J connectivity index is 1.43. The van der Waals surface area contributed by atoms with Crippen molar-refractivity contribution >= 4 is 23.5 Å². The molecule has 0 radical (unpaired) electrons. The third-order valence-corrected chi connectivity index (χ3v) is 5.22. The number of ether oxygens (including phenoxy) is 1. The standard InChI is InChI=1S/C20H27N7O2/c1-14-12-18(26-7-9-27(10-8-26)19(21)28)25-20(23-14)24-16-4-2-15(3-5-16)17-13-22-6-11-29-17/h2-5,12,17,22H,6-11,13H2,1H3,(H2,21,28)(H,23,24,25). The Bertz CT molecular complexity index is 844. The number of nitrogens with zero attached hydrogens (tertiary/aromatic N) is 4. The fourth-order valence-corrected chi connectivity index (χ4v) is 3.62. The molecular weight excluding hydrogens is 370 g/mol. The topological polar surface area (TPSA) is 109 Å². The molecule has 1 unspecified atom stereocenters. The van der Waals surface area contributed by atoms with Gasteiger partial charge in [-0.2, -0.15) is 4.98 Å². The van der Waals surface area contributed by atoms with Crippen molar-refractivity contribution in [3.63, 3.8) is 0 Å². The first-order valence-corrected chi connectivity index (χ1v) is 9.93. The number of nitrogens with one attached hydrogen (secondary N) is 2. The SMILES string of the molecule is Cc1cc(N2CCN(C(N)=O)CC2)nc(Nc2ccc(C3CNCCO3)cc2)n1. The zero-order valence-corrected chi connectivity index (χ0v) is 16.6. The summed E-state index contributed by atoms with van der Waals surface area (Å²) in [6.45, 7) is 7.01. The fourth-order valence-electron chi connectivity index (χ4n) is 3.62. The molecule has 154 valence electrons. The number of nitrogens with two attached hydrogens (primary N) is 1. The number of hydrogen-bond donors (Lipinski definition) is 3. The molecule has 2 fully saturated rings. The van der Waals surface area contributed by atoms with Gasteiger partial charge in [-0.1, -0.05) is 12.1 Å². The highest BCUT2D eigenvalue weighted by Crippen LogP contribution is 2.23. The highest BCUT2D eigenvalue weighted by Gasteiger charge is 2.21. The van der Waals surface area contributed by atoms with Gasteiger partial charge in [0, 0.05) is 56.7 Å². The Morgan fingerprint density at radius 1 is 1.21 bits per heavy atom. The number of morpholine rings is 1. The number of amides is 2. The van der Waals surface area contributed by atoms with E-state index in [0.29, 0.717) is 32.1 Å². The third-order valence-electron chi connectivity index (χ3n) is 5.22. The molecule has 9 nitrogen and oxygen atoms in total. The lowest BCUT2D eigenvalue weighted by molar-refractivity contribution is 0.0277. The normalized spacial score (nSPS) is 19.8. The van der Waals surface area contributed by atoms with Crippen molar-refractivity contribution in [2.45, 2.75) is 13.0 Å². The zero-order valence-electron chi connectivity index (χ0n) is 16.6. The zero-order chi connectivity index (χ0) is 20.2. The first-order valence-electron chi connectivity index (χ1n) is 9.93. The van der Waals surface area contributed by atoms with Crippen LogP contribution in [0.2, 0.25) is 0 Å². The minimum absolute atomic E-state index is 0.0960. The van der Waals surface area contributed by atoms with E-state index in [0.717, 1.165) is 42.5 Å². The van der Waals surface area contributed by atoms with Crippen molar-refractivity contribution in [1.82, 2.24) is 20.2 Å². The van der Waals surface area contributed by atoms with Gasteiger partial charge < -0.3 is 30.9 Å². The predicted molar refractivity (Wildman–Crippen MR) is 111 cm³/mol. The van der Waals surface area contributed by atoms with E-state index in [1.165, 1.54) is 0 Å². The smallest absolute Gasteiger partial charge is 0.314 e. The Kier molecular flexibility index (Phi) is 5.77. The Morgan fingerprint density at radius 3 is 2.62 bits per heavy atom. The molecule has 1 aromatic carbocycles. The first-order chi connectivity index (χ1) is 14.1. The van der Waals surface area contributed by atoms with Crippen LogP contribution in [-0.2, 0) is 4.74 Å². The van der Waals surface area contributed by atoms with Gasteiger partial charge in [-0.3, -0.25) is 0 Å². The number of aromatic nitrogens is 2. The van der Waals surface area contributed by atoms with E-state index in [4.69, 9.17) is 10.5 Å². The molecule has 4 rings (SSSR count). The number of piperazine rings is 1. The predicted octanol–water partition coefficient (Wildman–Crippen LogP) is 1.39. The van der Waals surface area contributed by atoms with Crippen LogP contribution in [0.1, 0.15) is 17.4 Å². The average molecular weight is 397 g/mol. The van der Waals surface area contributed by atoms with Crippen molar-refractivity contribution in [3.05, 3.63) is 41.6 Å². The van der Waals surface area contributed by atoms with Crippen LogP contribution in [0.15, 0.2) is 30.3 Å². The largest absolute Gasteiger partial charge is 0.371 e. The molecule has 2 aliphatic heterocycles. The molecule has 9 heteroatoms. The lowest BCUT2D eigenvalue weighted by Gasteiger charge is -2.34. The fraction of sp³-hybridized carbons (Fsp3) is 0.450. The van der Waals surface area contributed by atoms with Gasteiger partial charge in [-0.15, -0.1) is 0 Å². The van der Waals surface area contributed by atoms with Crippen molar-refractivity contribution in [2.24, 2.45) is 5.73 Å². The van der Waals surface area contributed by atoms with Gasteiger partial charge in [-0.25, -0.2) is 9.78 Å². The highest BCUT2D eigenvalue weighted by atomic mass is 16.5. The maximum Gasteiger partial charge on any atom is 0.314 e. The van der Waals surface area contributed by atoms with E-state index >= 15 is 0 Å². The molecule has 0 spiro atoms. The molecule has 1 atom stereocenters. The minimum Gasteiger partial charge on any atom is -0.371 e. The lowest BCUT2D eigenvalue weighted by Crippen LogP contribution is -2.50. The Morgan fingerprint density at radius 2 is 1.97 bits per heavy atom. The molecule has 2 aliphatic rings. The van der Waals surface area contributed by atoms with E-state index in [-0.39, 0.29) is 12.1 Å². The molecule has 1 aromatic heterocycles. The number of primary amides is 1. The summed E-state index contributed by atoms with van der Waals surface area (Å²) in [6.07, 6.45) is 0.0960. The van der Waals surface area contributed by atoms with E-state index in [1.807, 2.05) is 25.1 Å². The summed E-state index contributed by atoms with van der Waals surface area (Å²) < 4.78 is 5.80. The monoisotopic (exact) mass is 397 g/mol. The number of rotatable bonds is 4. The second kappa shape index (κ2) is 8.62. The number of aryl methyl sites for hydroxylation is 1.